The minimum absolute atomic E-state index is 0.00597. The van der Waals surface area contributed by atoms with E-state index in [4.69, 9.17) is 11.6 Å². The molecule has 0 amide bonds. The molecule has 0 radical (unpaired) electrons. The molecule has 1 aromatic carbocycles. The zero-order chi connectivity index (χ0) is 11.3. The molecule has 0 saturated heterocycles. The molecule has 0 saturated carbocycles. The fourth-order valence-corrected chi connectivity index (χ4v) is 1.41. The first-order chi connectivity index (χ1) is 7.15. The van der Waals surface area contributed by atoms with Gasteiger partial charge in [-0.15, -0.1) is 11.6 Å². The van der Waals surface area contributed by atoms with Crippen molar-refractivity contribution in [3.8, 4) is 11.8 Å². The van der Waals surface area contributed by atoms with E-state index in [9.17, 15) is 10.1 Å². The first kappa shape index (κ1) is 12.0. The average molecular weight is 289 g/mol. The molecule has 0 aliphatic rings. The third-order valence-corrected chi connectivity index (χ3v) is 2.28. The molecule has 0 aromatic heterocycles. The smallest absolute Gasteiger partial charge is 0.258 e. The van der Waals surface area contributed by atoms with Crippen molar-refractivity contribution in [2.75, 3.05) is 5.88 Å². The molecule has 0 unspecified atom stereocenters. The van der Waals surface area contributed by atoms with Crippen LogP contribution in [0.4, 0.5) is 5.69 Å². The fourth-order valence-electron chi connectivity index (χ4n) is 0.967. The summed E-state index contributed by atoms with van der Waals surface area (Å²) in [7, 11) is 0. The standard InChI is InChI=1S/C10H7BrClNO2/c11-9-5-4-8(3-1-2-6-12)10(7-9)13(14)15/h4-5,7H,2,6H2. The zero-order valence-electron chi connectivity index (χ0n) is 7.67. The highest BCUT2D eigenvalue weighted by Gasteiger charge is 2.11. The van der Waals surface area contributed by atoms with Gasteiger partial charge in [0.2, 0.25) is 0 Å². The minimum Gasteiger partial charge on any atom is -0.258 e. The van der Waals surface area contributed by atoms with Crippen molar-refractivity contribution in [1.82, 2.24) is 0 Å². The predicted molar refractivity (Wildman–Crippen MR) is 63.0 cm³/mol. The Morgan fingerprint density at radius 3 is 2.87 bits per heavy atom. The largest absolute Gasteiger partial charge is 0.286 e. The van der Waals surface area contributed by atoms with E-state index in [-0.39, 0.29) is 5.69 Å². The van der Waals surface area contributed by atoms with Crippen LogP contribution >= 0.6 is 27.5 Å². The second-order valence-corrected chi connectivity index (χ2v) is 3.95. The van der Waals surface area contributed by atoms with Crippen molar-refractivity contribution in [1.29, 1.82) is 0 Å². The topological polar surface area (TPSA) is 43.1 Å². The van der Waals surface area contributed by atoms with Crippen LogP contribution in [0.3, 0.4) is 0 Å². The SMILES string of the molecule is O=[N+]([O-])c1cc(Br)ccc1C#CCCCl. The predicted octanol–water partition coefficient (Wildman–Crippen LogP) is 3.34. The van der Waals surface area contributed by atoms with Crippen LogP contribution in [0.5, 0.6) is 0 Å². The fraction of sp³-hybridized carbons (Fsp3) is 0.200. The van der Waals surface area contributed by atoms with Gasteiger partial charge in [0.1, 0.15) is 5.56 Å². The maximum atomic E-state index is 10.7. The third-order valence-electron chi connectivity index (χ3n) is 1.60. The molecular formula is C10H7BrClNO2. The summed E-state index contributed by atoms with van der Waals surface area (Å²) in [6.45, 7) is 0. The summed E-state index contributed by atoms with van der Waals surface area (Å²) < 4.78 is 0.664. The molecule has 0 aliphatic heterocycles. The number of nitro benzene ring substituents is 1. The average Bonchev–Trinajstić information content (AvgIpc) is 2.20. The number of halogens is 2. The van der Waals surface area contributed by atoms with Crippen molar-refractivity contribution in [2.45, 2.75) is 6.42 Å². The monoisotopic (exact) mass is 287 g/mol. The Morgan fingerprint density at radius 1 is 1.53 bits per heavy atom. The number of hydrogen-bond acceptors (Lipinski definition) is 2. The number of hydrogen-bond donors (Lipinski definition) is 0. The number of benzene rings is 1. The van der Waals surface area contributed by atoms with Gasteiger partial charge in [0, 0.05) is 22.8 Å². The lowest BCUT2D eigenvalue weighted by atomic mass is 10.2. The summed E-state index contributed by atoms with van der Waals surface area (Å²) in [5.41, 5.74) is 0.416. The molecule has 0 heterocycles. The van der Waals surface area contributed by atoms with Gasteiger partial charge in [-0.05, 0) is 12.1 Å². The number of alkyl halides is 1. The van der Waals surface area contributed by atoms with Crippen molar-refractivity contribution in [3.63, 3.8) is 0 Å². The van der Waals surface area contributed by atoms with Gasteiger partial charge in [-0.3, -0.25) is 10.1 Å². The molecule has 0 aliphatic carbocycles. The first-order valence-electron chi connectivity index (χ1n) is 4.14. The molecular weight excluding hydrogens is 281 g/mol. The third kappa shape index (κ3) is 3.54. The van der Waals surface area contributed by atoms with Gasteiger partial charge in [-0.25, -0.2) is 0 Å². The minimum atomic E-state index is -0.449. The molecule has 0 fully saturated rings. The van der Waals surface area contributed by atoms with Crippen LogP contribution in [-0.4, -0.2) is 10.8 Å². The van der Waals surface area contributed by atoms with E-state index >= 15 is 0 Å². The Bertz CT molecular complexity index is 437. The number of rotatable bonds is 2. The Balaban J connectivity index is 3.08. The van der Waals surface area contributed by atoms with Gasteiger partial charge < -0.3 is 0 Å². The molecule has 0 N–H and O–H groups in total. The summed E-state index contributed by atoms with van der Waals surface area (Å²) in [6.07, 6.45) is 0.523. The van der Waals surface area contributed by atoms with Crippen molar-refractivity contribution < 1.29 is 4.92 Å². The molecule has 5 heteroatoms. The van der Waals surface area contributed by atoms with Crippen LogP contribution < -0.4 is 0 Å². The molecule has 78 valence electrons. The molecule has 1 rings (SSSR count). The van der Waals surface area contributed by atoms with Crippen LogP contribution in [0.15, 0.2) is 22.7 Å². The van der Waals surface area contributed by atoms with Crippen LogP contribution in [0.1, 0.15) is 12.0 Å². The highest BCUT2D eigenvalue weighted by Crippen LogP contribution is 2.22. The Kier molecular flexibility index (Phi) is 4.60. The summed E-state index contributed by atoms with van der Waals surface area (Å²) in [6, 6.07) is 4.77. The van der Waals surface area contributed by atoms with Gasteiger partial charge in [-0.2, -0.15) is 0 Å². The van der Waals surface area contributed by atoms with E-state index in [1.54, 1.807) is 12.1 Å². The lowest BCUT2D eigenvalue weighted by Gasteiger charge is -1.95. The van der Waals surface area contributed by atoms with Gasteiger partial charge in [-0.1, -0.05) is 27.8 Å². The first-order valence-corrected chi connectivity index (χ1v) is 5.46. The Labute approximate surface area is 101 Å². The van der Waals surface area contributed by atoms with Gasteiger partial charge in [0.05, 0.1) is 4.92 Å². The lowest BCUT2D eigenvalue weighted by Crippen LogP contribution is -1.91. The summed E-state index contributed by atoms with van der Waals surface area (Å²) in [5.74, 6) is 5.92. The van der Waals surface area contributed by atoms with E-state index in [0.29, 0.717) is 22.3 Å². The van der Waals surface area contributed by atoms with Crippen LogP contribution in [-0.2, 0) is 0 Å². The molecule has 0 bridgehead atoms. The van der Waals surface area contributed by atoms with Gasteiger partial charge in [0.15, 0.2) is 0 Å². The molecule has 1 aromatic rings. The maximum Gasteiger partial charge on any atom is 0.286 e. The summed E-state index contributed by atoms with van der Waals surface area (Å²) >= 11 is 8.62. The molecule has 0 atom stereocenters. The molecule has 15 heavy (non-hydrogen) atoms. The van der Waals surface area contributed by atoms with E-state index in [2.05, 4.69) is 27.8 Å². The van der Waals surface area contributed by atoms with E-state index < -0.39 is 4.92 Å². The number of nitrogens with zero attached hydrogens (tertiary/aromatic N) is 1. The van der Waals surface area contributed by atoms with Crippen molar-refractivity contribution >= 4 is 33.2 Å². The van der Waals surface area contributed by atoms with E-state index in [1.807, 2.05) is 0 Å². The molecule has 3 nitrogen and oxygen atoms in total. The lowest BCUT2D eigenvalue weighted by molar-refractivity contribution is -0.385. The Hall–Kier alpha value is -1.05. The van der Waals surface area contributed by atoms with Gasteiger partial charge >= 0.3 is 0 Å². The highest BCUT2D eigenvalue weighted by atomic mass is 79.9. The Morgan fingerprint density at radius 2 is 2.27 bits per heavy atom. The van der Waals surface area contributed by atoms with Crippen molar-refractivity contribution in [2.24, 2.45) is 0 Å². The van der Waals surface area contributed by atoms with Crippen LogP contribution in [0.25, 0.3) is 0 Å². The van der Waals surface area contributed by atoms with Gasteiger partial charge in [0.25, 0.3) is 5.69 Å². The maximum absolute atomic E-state index is 10.7. The summed E-state index contributed by atoms with van der Waals surface area (Å²) in [5, 5.41) is 10.7. The van der Waals surface area contributed by atoms with Crippen molar-refractivity contribution in [3.05, 3.63) is 38.3 Å². The normalized spacial score (nSPS) is 9.20. The second kappa shape index (κ2) is 5.74. The zero-order valence-corrected chi connectivity index (χ0v) is 10.0. The van der Waals surface area contributed by atoms with E-state index in [0.717, 1.165) is 0 Å². The van der Waals surface area contributed by atoms with E-state index in [1.165, 1.54) is 6.07 Å². The summed E-state index contributed by atoms with van der Waals surface area (Å²) in [4.78, 5) is 10.2. The van der Waals surface area contributed by atoms with Crippen LogP contribution in [0, 0.1) is 22.0 Å². The quantitative estimate of drug-likeness (QED) is 0.362. The highest BCUT2D eigenvalue weighted by molar-refractivity contribution is 9.10. The second-order valence-electron chi connectivity index (χ2n) is 2.66. The molecule has 0 spiro atoms. The van der Waals surface area contributed by atoms with Crippen LogP contribution in [0.2, 0.25) is 0 Å². The number of nitro groups is 1.